The van der Waals surface area contributed by atoms with Crippen molar-refractivity contribution < 1.29 is 22.4 Å². The van der Waals surface area contributed by atoms with E-state index in [0.29, 0.717) is 37.4 Å². The minimum Gasteiger partial charge on any atom is -0.336 e. The predicted octanol–water partition coefficient (Wildman–Crippen LogP) is 5.41. The second-order valence-electron chi connectivity index (χ2n) is 8.69. The topological polar surface area (TPSA) is 26.8 Å². The highest BCUT2D eigenvalue weighted by atomic mass is 19.2. The maximum Gasteiger partial charge on any atom is 0.256 e. The third-order valence-corrected chi connectivity index (χ3v) is 6.41. The summed E-state index contributed by atoms with van der Waals surface area (Å²) in [5, 5.41) is 0. The van der Waals surface area contributed by atoms with Crippen LogP contribution in [0.5, 0.6) is 0 Å². The van der Waals surface area contributed by atoms with Gasteiger partial charge in [0.05, 0.1) is 5.56 Å². The van der Waals surface area contributed by atoms with Crippen molar-refractivity contribution in [2.75, 3.05) is 31.1 Å². The van der Waals surface area contributed by atoms with Crippen molar-refractivity contribution in [2.24, 2.45) is 0 Å². The molecule has 0 bridgehead atoms. The molecular weight excluding hydrogens is 458 g/mol. The zero-order valence-electron chi connectivity index (χ0n) is 18.9. The average Bonchev–Trinajstić information content (AvgIpc) is 2.87. The van der Waals surface area contributed by atoms with Crippen LogP contribution in [0.2, 0.25) is 0 Å². The molecule has 0 spiro atoms. The third-order valence-electron chi connectivity index (χ3n) is 6.41. The van der Waals surface area contributed by atoms with E-state index >= 15 is 4.39 Å². The minimum absolute atomic E-state index is 0.000786. The van der Waals surface area contributed by atoms with Crippen LogP contribution in [0.3, 0.4) is 0 Å². The van der Waals surface area contributed by atoms with Gasteiger partial charge in [-0.05, 0) is 53.9 Å². The average molecular weight is 481 g/mol. The molecule has 3 aromatic rings. The van der Waals surface area contributed by atoms with Gasteiger partial charge in [0, 0.05) is 50.3 Å². The number of piperazine rings is 1. The fourth-order valence-electron chi connectivity index (χ4n) is 4.57. The van der Waals surface area contributed by atoms with Gasteiger partial charge >= 0.3 is 0 Å². The highest BCUT2D eigenvalue weighted by molar-refractivity contribution is 5.95. The number of halogens is 4. The molecule has 5 rings (SSSR count). The zero-order valence-corrected chi connectivity index (χ0v) is 18.9. The molecule has 0 N–H and O–H groups in total. The number of para-hydroxylation sites is 1. The van der Waals surface area contributed by atoms with E-state index < -0.39 is 29.2 Å². The molecule has 2 heterocycles. The van der Waals surface area contributed by atoms with E-state index in [4.69, 9.17) is 0 Å². The molecule has 2 aliphatic rings. The second-order valence-corrected chi connectivity index (χ2v) is 8.69. The molecule has 1 amide bonds. The molecule has 0 saturated carbocycles. The Bertz CT molecular complexity index is 1280. The van der Waals surface area contributed by atoms with Crippen LogP contribution in [0, 0.1) is 23.3 Å². The Balaban J connectivity index is 1.24. The summed E-state index contributed by atoms with van der Waals surface area (Å²) in [4.78, 5) is 18.4. The summed E-state index contributed by atoms with van der Waals surface area (Å²) in [6.45, 7) is 1.80. The number of fused-ring (bicyclic) bond motifs is 1. The van der Waals surface area contributed by atoms with Crippen LogP contribution >= 0.6 is 0 Å². The lowest BCUT2D eigenvalue weighted by Crippen LogP contribution is -2.48. The van der Waals surface area contributed by atoms with Gasteiger partial charge in [0.2, 0.25) is 0 Å². The Morgan fingerprint density at radius 3 is 2.26 bits per heavy atom. The van der Waals surface area contributed by atoms with Crippen molar-refractivity contribution in [3.63, 3.8) is 0 Å². The standard InChI is InChI=1S/C27H23F4N3O/c28-22-16-20(34-9-3-5-19-4-1-2-6-25(19)34)7-8-21(22)27(35)33-12-10-32(11-13-33)17-18-14-23(29)26(31)24(30)15-18/h1-4,6-9,14-16H,5,10-13,17H2. The Morgan fingerprint density at radius 1 is 0.829 bits per heavy atom. The van der Waals surface area contributed by atoms with Gasteiger partial charge in [-0.2, -0.15) is 0 Å². The molecular formula is C27H23F4N3O. The molecule has 35 heavy (non-hydrogen) atoms. The molecule has 0 atom stereocenters. The van der Waals surface area contributed by atoms with Crippen LogP contribution in [0.25, 0.3) is 0 Å². The first-order chi connectivity index (χ1) is 16.9. The number of anilines is 2. The van der Waals surface area contributed by atoms with E-state index in [9.17, 15) is 18.0 Å². The van der Waals surface area contributed by atoms with Gasteiger partial charge in [-0.15, -0.1) is 0 Å². The minimum atomic E-state index is -1.49. The maximum absolute atomic E-state index is 15.0. The van der Waals surface area contributed by atoms with E-state index in [2.05, 4.69) is 0 Å². The molecule has 0 aromatic heterocycles. The number of nitrogens with zero attached hydrogens (tertiary/aromatic N) is 3. The molecule has 1 fully saturated rings. The van der Waals surface area contributed by atoms with Gasteiger partial charge in [-0.25, -0.2) is 17.6 Å². The quantitative estimate of drug-likeness (QED) is 0.368. The lowest BCUT2D eigenvalue weighted by Gasteiger charge is -2.35. The van der Waals surface area contributed by atoms with Crippen LogP contribution < -0.4 is 4.90 Å². The summed E-state index contributed by atoms with van der Waals surface area (Å²) in [6, 6.07) is 14.5. The fraction of sp³-hybridized carbons (Fsp3) is 0.222. The predicted molar refractivity (Wildman–Crippen MR) is 125 cm³/mol. The lowest BCUT2D eigenvalue weighted by atomic mass is 10.0. The first-order valence-electron chi connectivity index (χ1n) is 11.4. The fourth-order valence-corrected chi connectivity index (χ4v) is 4.57. The van der Waals surface area contributed by atoms with Crippen LogP contribution in [-0.2, 0) is 13.0 Å². The van der Waals surface area contributed by atoms with Gasteiger partial charge in [0.1, 0.15) is 5.82 Å². The number of rotatable bonds is 4. The van der Waals surface area contributed by atoms with Crippen molar-refractivity contribution >= 4 is 17.3 Å². The molecule has 4 nitrogen and oxygen atoms in total. The summed E-state index contributed by atoms with van der Waals surface area (Å²) < 4.78 is 55.2. The molecule has 180 valence electrons. The van der Waals surface area contributed by atoms with Crippen LogP contribution in [0.1, 0.15) is 21.5 Å². The first-order valence-corrected chi connectivity index (χ1v) is 11.4. The Morgan fingerprint density at radius 2 is 1.54 bits per heavy atom. The summed E-state index contributed by atoms with van der Waals surface area (Å²) in [5.74, 6) is -4.93. The monoisotopic (exact) mass is 481 g/mol. The largest absolute Gasteiger partial charge is 0.336 e. The van der Waals surface area contributed by atoms with Crippen molar-refractivity contribution in [2.45, 2.75) is 13.0 Å². The second kappa shape index (κ2) is 9.54. The van der Waals surface area contributed by atoms with Crippen molar-refractivity contribution in [3.8, 4) is 0 Å². The zero-order chi connectivity index (χ0) is 24.5. The summed E-state index contributed by atoms with van der Waals surface area (Å²) in [5.41, 5.74) is 3.06. The molecule has 0 radical (unpaired) electrons. The smallest absolute Gasteiger partial charge is 0.256 e. The number of benzene rings is 3. The van der Waals surface area contributed by atoms with E-state index in [1.807, 2.05) is 46.3 Å². The van der Waals surface area contributed by atoms with Gasteiger partial charge in [-0.3, -0.25) is 9.69 Å². The van der Waals surface area contributed by atoms with Crippen molar-refractivity contribution in [1.82, 2.24) is 9.80 Å². The van der Waals surface area contributed by atoms with Crippen molar-refractivity contribution in [3.05, 3.63) is 107 Å². The number of carbonyl (C=O) groups is 1. The normalized spacial score (nSPS) is 15.9. The molecule has 0 aliphatic carbocycles. The summed E-state index contributed by atoms with van der Waals surface area (Å²) >= 11 is 0. The number of carbonyl (C=O) groups excluding carboxylic acids is 1. The van der Waals surface area contributed by atoms with Gasteiger partial charge in [-0.1, -0.05) is 24.3 Å². The summed E-state index contributed by atoms with van der Waals surface area (Å²) in [7, 11) is 0. The third kappa shape index (κ3) is 4.66. The van der Waals surface area contributed by atoms with Gasteiger partial charge in [0.15, 0.2) is 17.5 Å². The lowest BCUT2D eigenvalue weighted by molar-refractivity contribution is 0.0624. The molecule has 0 unspecified atom stereocenters. The first kappa shape index (κ1) is 23.1. The Hall–Kier alpha value is -3.65. The van der Waals surface area contributed by atoms with E-state index in [1.54, 1.807) is 11.0 Å². The maximum atomic E-state index is 15.0. The van der Waals surface area contributed by atoms with E-state index in [1.165, 1.54) is 12.1 Å². The molecule has 8 heteroatoms. The number of amides is 1. The highest BCUT2D eigenvalue weighted by Crippen LogP contribution is 2.33. The van der Waals surface area contributed by atoms with Gasteiger partial charge in [0.25, 0.3) is 5.91 Å². The molecule has 3 aromatic carbocycles. The van der Waals surface area contributed by atoms with Crippen LogP contribution in [-0.4, -0.2) is 41.9 Å². The number of allylic oxidation sites excluding steroid dienone is 1. The SMILES string of the molecule is O=C(c1ccc(N2C=CCc3ccccc32)cc1F)N1CCN(Cc2cc(F)c(F)c(F)c2)CC1. The van der Waals surface area contributed by atoms with Gasteiger partial charge < -0.3 is 9.80 Å². The molecule has 1 saturated heterocycles. The van der Waals surface area contributed by atoms with Crippen LogP contribution in [0.15, 0.2) is 66.9 Å². The van der Waals surface area contributed by atoms with Crippen molar-refractivity contribution in [1.29, 1.82) is 0 Å². The van der Waals surface area contributed by atoms with Crippen LogP contribution in [0.4, 0.5) is 28.9 Å². The Labute approximate surface area is 200 Å². The Kier molecular flexibility index (Phi) is 6.30. The van der Waals surface area contributed by atoms with E-state index in [0.717, 1.165) is 29.8 Å². The highest BCUT2D eigenvalue weighted by Gasteiger charge is 2.25. The van der Waals surface area contributed by atoms with E-state index in [-0.39, 0.29) is 12.1 Å². The number of hydrogen-bond acceptors (Lipinski definition) is 3. The number of hydrogen-bond donors (Lipinski definition) is 0. The summed E-state index contributed by atoms with van der Waals surface area (Å²) in [6.07, 6.45) is 4.72. The molecule has 2 aliphatic heterocycles.